The average Bonchev–Trinajstić information content (AvgIpc) is 2.84. The summed E-state index contributed by atoms with van der Waals surface area (Å²) in [5.74, 6) is 0. The molecule has 0 amide bonds. The van der Waals surface area contributed by atoms with E-state index < -0.39 is 0 Å². The first-order chi connectivity index (χ1) is 10.7. The van der Waals surface area contributed by atoms with Crippen LogP contribution in [0.5, 0.6) is 0 Å². The van der Waals surface area contributed by atoms with Gasteiger partial charge in [-0.15, -0.1) is 0 Å². The van der Waals surface area contributed by atoms with Gasteiger partial charge in [0.05, 0.1) is 0 Å². The largest absolute Gasteiger partial charge is 0.348 e. The fourth-order valence-electron chi connectivity index (χ4n) is 3.09. The topological polar surface area (TPSA) is 4.93 Å². The minimum Gasteiger partial charge on any atom is -0.348 e. The van der Waals surface area contributed by atoms with Gasteiger partial charge in [-0.25, -0.2) is 0 Å². The van der Waals surface area contributed by atoms with Crippen molar-refractivity contribution in [1.29, 1.82) is 0 Å². The van der Waals surface area contributed by atoms with Crippen LogP contribution >= 0.6 is 15.9 Å². The molecule has 0 atom stereocenters. The van der Waals surface area contributed by atoms with Gasteiger partial charge < -0.3 is 4.57 Å². The predicted octanol–water partition coefficient (Wildman–Crippen LogP) is 5.90. The van der Waals surface area contributed by atoms with Crippen molar-refractivity contribution in [1.82, 2.24) is 4.57 Å². The lowest BCUT2D eigenvalue weighted by atomic mass is 10.1. The van der Waals surface area contributed by atoms with Crippen molar-refractivity contribution >= 4 is 26.8 Å². The minimum absolute atomic E-state index is 1.17. The van der Waals surface area contributed by atoms with Crippen molar-refractivity contribution in [2.75, 3.05) is 0 Å². The number of benzene rings is 2. The van der Waals surface area contributed by atoms with Crippen LogP contribution in [0.2, 0.25) is 0 Å². The van der Waals surface area contributed by atoms with Crippen LogP contribution in [0.25, 0.3) is 10.9 Å². The third-order valence-electron chi connectivity index (χ3n) is 4.34. The highest BCUT2D eigenvalue weighted by molar-refractivity contribution is 9.10. The van der Waals surface area contributed by atoms with Gasteiger partial charge in [0.1, 0.15) is 0 Å². The van der Waals surface area contributed by atoms with Crippen molar-refractivity contribution in [2.24, 2.45) is 7.05 Å². The van der Waals surface area contributed by atoms with Crippen molar-refractivity contribution in [2.45, 2.75) is 32.1 Å². The van der Waals surface area contributed by atoms with Gasteiger partial charge in [-0.2, -0.15) is 0 Å². The molecule has 3 aromatic rings. The van der Waals surface area contributed by atoms with Crippen LogP contribution in [-0.2, 0) is 19.9 Å². The van der Waals surface area contributed by atoms with Crippen molar-refractivity contribution < 1.29 is 0 Å². The molecule has 0 aliphatic carbocycles. The van der Waals surface area contributed by atoms with Gasteiger partial charge >= 0.3 is 0 Å². The molecular weight excluding hydrogens is 334 g/mol. The number of fused-ring (bicyclic) bond motifs is 1. The molecule has 0 saturated carbocycles. The van der Waals surface area contributed by atoms with E-state index in [0.29, 0.717) is 0 Å². The molecule has 2 heteroatoms. The summed E-state index contributed by atoms with van der Waals surface area (Å²) in [7, 11) is 2.18. The fraction of sp³-hybridized carbons (Fsp3) is 0.300. The van der Waals surface area contributed by atoms with Gasteiger partial charge in [-0.3, -0.25) is 0 Å². The van der Waals surface area contributed by atoms with E-state index in [0.717, 1.165) is 0 Å². The van der Waals surface area contributed by atoms with Crippen molar-refractivity contribution in [3.63, 3.8) is 0 Å². The summed E-state index contributed by atoms with van der Waals surface area (Å²) in [6.07, 6.45) is 6.16. The smallest absolute Gasteiger partial charge is 0.0479 e. The summed E-state index contributed by atoms with van der Waals surface area (Å²) >= 11 is 3.54. The third-order valence-corrected chi connectivity index (χ3v) is 4.83. The van der Waals surface area contributed by atoms with Crippen LogP contribution in [0.15, 0.2) is 59.1 Å². The maximum atomic E-state index is 3.54. The molecule has 1 nitrogen and oxygen atoms in total. The molecule has 0 N–H and O–H groups in total. The second kappa shape index (κ2) is 7.15. The van der Waals surface area contributed by atoms with Crippen LogP contribution in [0.1, 0.15) is 30.5 Å². The summed E-state index contributed by atoms with van der Waals surface area (Å²) in [5, 5.41) is 1.36. The zero-order chi connectivity index (χ0) is 15.4. The number of halogens is 1. The summed E-state index contributed by atoms with van der Waals surface area (Å²) in [5.41, 5.74) is 4.22. The standard InChI is InChI=1S/C20H22BrN/c1-22-19(15-17-10-5-6-13-20(17)22)12-4-2-3-8-16-9-7-11-18(21)14-16/h5-7,9-11,13-15H,2-4,8,12H2,1H3. The minimum atomic E-state index is 1.17. The molecule has 0 bridgehead atoms. The normalized spacial score (nSPS) is 11.2. The van der Waals surface area contributed by atoms with E-state index in [1.54, 1.807) is 0 Å². The number of hydrogen-bond acceptors (Lipinski definition) is 0. The molecule has 0 saturated heterocycles. The van der Waals surface area contributed by atoms with Crippen molar-refractivity contribution in [3.05, 3.63) is 70.3 Å². The Hall–Kier alpha value is -1.54. The Morgan fingerprint density at radius 2 is 1.68 bits per heavy atom. The summed E-state index contributed by atoms with van der Waals surface area (Å²) in [6.45, 7) is 0. The second-order valence-electron chi connectivity index (χ2n) is 5.94. The lowest BCUT2D eigenvalue weighted by molar-refractivity contribution is 0.660. The molecule has 0 fully saturated rings. The monoisotopic (exact) mass is 355 g/mol. The van der Waals surface area contributed by atoms with Gasteiger partial charge in [0.25, 0.3) is 0 Å². The first kappa shape index (κ1) is 15.4. The fourth-order valence-corrected chi connectivity index (χ4v) is 3.54. The van der Waals surface area contributed by atoms with E-state index in [9.17, 15) is 0 Å². The zero-order valence-corrected chi connectivity index (χ0v) is 14.6. The molecule has 3 rings (SSSR count). The maximum absolute atomic E-state index is 3.54. The highest BCUT2D eigenvalue weighted by Crippen LogP contribution is 2.20. The van der Waals surface area contributed by atoms with Gasteiger partial charge in [0.2, 0.25) is 0 Å². The number of nitrogens with zero attached hydrogens (tertiary/aromatic N) is 1. The second-order valence-corrected chi connectivity index (χ2v) is 6.86. The van der Waals surface area contributed by atoms with Crippen LogP contribution in [0.4, 0.5) is 0 Å². The molecule has 0 spiro atoms. The van der Waals surface area contributed by atoms with E-state index in [1.165, 1.54) is 58.7 Å². The van der Waals surface area contributed by atoms with Crippen LogP contribution < -0.4 is 0 Å². The summed E-state index contributed by atoms with van der Waals surface area (Å²) < 4.78 is 3.52. The number of hydrogen-bond donors (Lipinski definition) is 0. The van der Waals surface area contributed by atoms with Gasteiger partial charge in [-0.1, -0.05) is 52.7 Å². The molecule has 0 unspecified atom stereocenters. The number of aromatic nitrogens is 1. The first-order valence-electron chi connectivity index (χ1n) is 8.02. The number of unbranched alkanes of at least 4 members (excludes halogenated alkanes) is 2. The Balaban J connectivity index is 1.49. The molecule has 0 aliphatic rings. The Bertz CT molecular complexity index is 757. The van der Waals surface area contributed by atoms with Gasteiger partial charge in [0.15, 0.2) is 0 Å². The van der Waals surface area contributed by atoms with E-state index in [-0.39, 0.29) is 0 Å². The van der Waals surface area contributed by atoms with E-state index in [4.69, 9.17) is 0 Å². The molecule has 22 heavy (non-hydrogen) atoms. The number of aryl methyl sites for hydroxylation is 3. The van der Waals surface area contributed by atoms with Crippen molar-refractivity contribution in [3.8, 4) is 0 Å². The lowest BCUT2D eigenvalue weighted by Crippen LogP contribution is -1.96. The van der Waals surface area contributed by atoms with Crippen LogP contribution in [0.3, 0.4) is 0 Å². The highest BCUT2D eigenvalue weighted by atomic mass is 79.9. The van der Waals surface area contributed by atoms with E-state index >= 15 is 0 Å². The van der Waals surface area contributed by atoms with E-state index in [1.807, 2.05) is 0 Å². The molecule has 0 radical (unpaired) electrons. The number of para-hydroxylation sites is 1. The SMILES string of the molecule is Cn1c(CCCCCc2cccc(Br)c2)cc2ccccc21. The zero-order valence-electron chi connectivity index (χ0n) is 13.1. The van der Waals surface area contributed by atoms with Gasteiger partial charge in [-0.05, 0) is 60.9 Å². The molecule has 114 valence electrons. The highest BCUT2D eigenvalue weighted by Gasteiger charge is 2.04. The summed E-state index contributed by atoms with van der Waals surface area (Å²) in [4.78, 5) is 0. The van der Waals surface area contributed by atoms with Crippen LogP contribution in [-0.4, -0.2) is 4.57 Å². The Kier molecular flexibility index (Phi) is 4.99. The summed E-state index contributed by atoms with van der Waals surface area (Å²) in [6, 6.07) is 19.6. The molecule has 2 aromatic carbocycles. The Morgan fingerprint density at radius 1 is 0.864 bits per heavy atom. The Morgan fingerprint density at radius 3 is 2.50 bits per heavy atom. The van der Waals surface area contributed by atoms with Gasteiger partial charge in [0, 0.05) is 22.7 Å². The molecule has 1 aromatic heterocycles. The average molecular weight is 356 g/mol. The molecular formula is C20H22BrN. The quantitative estimate of drug-likeness (QED) is 0.485. The maximum Gasteiger partial charge on any atom is 0.0479 e. The number of rotatable bonds is 6. The molecule has 1 heterocycles. The Labute approximate surface area is 141 Å². The lowest BCUT2D eigenvalue weighted by Gasteiger charge is -2.05. The van der Waals surface area contributed by atoms with E-state index in [2.05, 4.69) is 82.1 Å². The predicted molar refractivity (Wildman–Crippen MR) is 98.3 cm³/mol. The first-order valence-corrected chi connectivity index (χ1v) is 8.81. The molecule has 0 aliphatic heterocycles. The third kappa shape index (κ3) is 3.61. The van der Waals surface area contributed by atoms with Crippen LogP contribution in [0, 0.1) is 0 Å².